The highest BCUT2D eigenvalue weighted by Gasteiger charge is 2.39. The van der Waals surface area contributed by atoms with Gasteiger partial charge < -0.3 is 10.6 Å². The number of fused-ring (bicyclic) bond motifs is 1. The summed E-state index contributed by atoms with van der Waals surface area (Å²) in [6.07, 6.45) is 5.37. The Kier molecular flexibility index (Phi) is 8.12. The summed E-state index contributed by atoms with van der Waals surface area (Å²) < 4.78 is 0. The average molecular weight is 424 g/mol. The smallest absolute Gasteiger partial charge is 0.228 e. The Morgan fingerprint density at radius 1 is 0.968 bits per heavy atom. The van der Waals surface area contributed by atoms with Gasteiger partial charge in [0.15, 0.2) is 0 Å². The first-order valence-electron chi connectivity index (χ1n) is 12.1. The topological polar surface area (TPSA) is 49.6 Å². The summed E-state index contributed by atoms with van der Waals surface area (Å²) in [5.41, 5.74) is 6.65. The number of carbonyl (C=O) groups excluding carboxylic acids is 1. The molecule has 1 saturated heterocycles. The Morgan fingerprint density at radius 3 is 2.23 bits per heavy atom. The second kappa shape index (κ2) is 10.6. The molecule has 1 fully saturated rings. The molecule has 1 aliphatic heterocycles. The van der Waals surface area contributed by atoms with Crippen LogP contribution in [0.25, 0.3) is 10.8 Å². The van der Waals surface area contributed by atoms with Crippen LogP contribution in [0.1, 0.15) is 65.4 Å². The highest BCUT2D eigenvalue weighted by Crippen LogP contribution is 2.35. The van der Waals surface area contributed by atoms with Crippen molar-refractivity contribution in [2.75, 3.05) is 26.2 Å². The number of carbonyl (C=O) groups is 1. The van der Waals surface area contributed by atoms with Gasteiger partial charge >= 0.3 is 0 Å². The third-order valence-electron chi connectivity index (χ3n) is 7.20. The summed E-state index contributed by atoms with van der Waals surface area (Å²) in [5, 5.41) is 2.37. The monoisotopic (exact) mass is 423 g/mol. The fourth-order valence-electron chi connectivity index (χ4n) is 5.25. The van der Waals surface area contributed by atoms with E-state index in [1.807, 2.05) is 0 Å². The second-order valence-electron chi connectivity index (χ2n) is 9.84. The van der Waals surface area contributed by atoms with Crippen molar-refractivity contribution in [3.8, 4) is 0 Å². The number of nitrogens with two attached hydrogens (primary N) is 1. The Labute approximate surface area is 188 Å². The number of hydrogen-bond acceptors (Lipinski definition) is 3. The first-order chi connectivity index (χ1) is 14.8. The molecule has 1 unspecified atom stereocenters. The molecule has 1 aliphatic rings. The van der Waals surface area contributed by atoms with Crippen molar-refractivity contribution < 1.29 is 4.79 Å². The molecule has 0 spiro atoms. The van der Waals surface area contributed by atoms with Crippen LogP contribution in [-0.4, -0.2) is 54.0 Å². The van der Waals surface area contributed by atoms with Crippen molar-refractivity contribution in [2.24, 2.45) is 5.73 Å². The van der Waals surface area contributed by atoms with Gasteiger partial charge in [0.2, 0.25) is 5.91 Å². The van der Waals surface area contributed by atoms with E-state index in [4.69, 9.17) is 5.73 Å². The van der Waals surface area contributed by atoms with Gasteiger partial charge in [0.1, 0.15) is 0 Å². The first-order valence-corrected chi connectivity index (χ1v) is 12.1. The lowest BCUT2D eigenvalue weighted by atomic mass is 9.73. The van der Waals surface area contributed by atoms with Gasteiger partial charge in [0, 0.05) is 18.6 Å². The van der Waals surface area contributed by atoms with Crippen LogP contribution >= 0.6 is 0 Å². The third kappa shape index (κ3) is 5.67. The predicted molar refractivity (Wildman–Crippen MR) is 131 cm³/mol. The summed E-state index contributed by atoms with van der Waals surface area (Å²) >= 11 is 0. The lowest BCUT2D eigenvalue weighted by Gasteiger charge is -2.38. The maximum atomic E-state index is 13.2. The van der Waals surface area contributed by atoms with E-state index in [0.717, 1.165) is 44.6 Å². The van der Waals surface area contributed by atoms with E-state index in [1.54, 1.807) is 0 Å². The molecule has 1 heterocycles. The fraction of sp³-hybridized carbons (Fsp3) is 0.593. The molecule has 3 rings (SSSR count). The molecule has 2 aromatic carbocycles. The molecule has 4 nitrogen and oxygen atoms in total. The Morgan fingerprint density at radius 2 is 1.61 bits per heavy atom. The standard InChI is InChI=1S/C27H41N3O/c1-21(2)30(22(3)4)19-15-27(26(28)31,14-18-29-16-8-5-9-17-29)25-13-12-23-10-6-7-11-24(23)20-25/h6-7,10-13,20-22H,5,8-9,14-19H2,1-4H3,(H2,28,31). The van der Waals surface area contributed by atoms with Crippen LogP contribution in [0.4, 0.5) is 0 Å². The summed E-state index contributed by atoms with van der Waals surface area (Å²) in [7, 11) is 0. The van der Waals surface area contributed by atoms with Crippen LogP contribution in [-0.2, 0) is 10.2 Å². The third-order valence-corrected chi connectivity index (χ3v) is 7.20. The number of rotatable bonds is 10. The van der Waals surface area contributed by atoms with Crippen molar-refractivity contribution in [3.05, 3.63) is 48.0 Å². The minimum absolute atomic E-state index is 0.188. The number of likely N-dealkylation sites (tertiary alicyclic amines) is 1. The fourth-order valence-corrected chi connectivity index (χ4v) is 5.25. The molecule has 2 aromatic rings. The van der Waals surface area contributed by atoms with Gasteiger partial charge in [-0.2, -0.15) is 0 Å². The lowest BCUT2D eigenvalue weighted by Crippen LogP contribution is -2.48. The van der Waals surface area contributed by atoms with Gasteiger partial charge in [-0.1, -0.05) is 48.9 Å². The van der Waals surface area contributed by atoms with Crippen LogP contribution in [0.15, 0.2) is 42.5 Å². The molecular weight excluding hydrogens is 382 g/mol. The predicted octanol–water partition coefficient (Wildman–Crippen LogP) is 4.95. The van der Waals surface area contributed by atoms with Gasteiger partial charge in [0.25, 0.3) is 0 Å². The summed E-state index contributed by atoms with van der Waals surface area (Å²) in [6.45, 7) is 13.0. The quantitative estimate of drug-likeness (QED) is 0.588. The van der Waals surface area contributed by atoms with Crippen LogP contribution in [0, 0.1) is 0 Å². The molecule has 31 heavy (non-hydrogen) atoms. The largest absolute Gasteiger partial charge is 0.369 e. The van der Waals surface area contributed by atoms with Crippen LogP contribution < -0.4 is 5.73 Å². The zero-order valence-corrected chi connectivity index (χ0v) is 19.9. The second-order valence-corrected chi connectivity index (χ2v) is 9.84. The van der Waals surface area contributed by atoms with Crippen molar-refractivity contribution in [1.29, 1.82) is 0 Å². The maximum Gasteiger partial charge on any atom is 0.228 e. The van der Waals surface area contributed by atoms with E-state index in [1.165, 1.54) is 30.0 Å². The van der Waals surface area contributed by atoms with Crippen LogP contribution in [0.3, 0.4) is 0 Å². The van der Waals surface area contributed by atoms with Gasteiger partial charge in [-0.15, -0.1) is 0 Å². The number of benzene rings is 2. The molecule has 2 N–H and O–H groups in total. The van der Waals surface area contributed by atoms with Gasteiger partial charge in [-0.3, -0.25) is 9.69 Å². The molecule has 0 aliphatic carbocycles. The van der Waals surface area contributed by atoms with E-state index in [9.17, 15) is 4.79 Å². The van der Waals surface area contributed by atoms with Gasteiger partial charge in [-0.05, 0) is 89.3 Å². The number of amides is 1. The molecule has 0 aromatic heterocycles. The van der Waals surface area contributed by atoms with Crippen molar-refractivity contribution in [3.63, 3.8) is 0 Å². The van der Waals surface area contributed by atoms with E-state index in [-0.39, 0.29) is 5.91 Å². The van der Waals surface area contributed by atoms with Crippen molar-refractivity contribution in [2.45, 2.75) is 77.3 Å². The molecule has 0 bridgehead atoms. The minimum atomic E-state index is -0.649. The van der Waals surface area contributed by atoms with E-state index in [2.05, 4.69) is 80.0 Å². The Hall–Kier alpha value is -1.91. The van der Waals surface area contributed by atoms with E-state index in [0.29, 0.717) is 12.1 Å². The van der Waals surface area contributed by atoms with Crippen LogP contribution in [0.2, 0.25) is 0 Å². The van der Waals surface area contributed by atoms with Crippen LogP contribution in [0.5, 0.6) is 0 Å². The molecule has 1 atom stereocenters. The number of hydrogen-bond donors (Lipinski definition) is 1. The molecular formula is C27H41N3O. The highest BCUT2D eigenvalue weighted by molar-refractivity contribution is 5.90. The average Bonchev–Trinajstić information content (AvgIpc) is 2.76. The summed E-state index contributed by atoms with van der Waals surface area (Å²) in [5.74, 6) is -0.188. The maximum absolute atomic E-state index is 13.2. The molecule has 0 radical (unpaired) electrons. The molecule has 0 saturated carbocycles. The highest BCUT2D eigenvalue weighted by atomic mass is 16.1. The number of primary amides is 1. The van der Waals surface area contributed by atoms with Crippen molar-refractivity contribution in [1.82, 2.24) is 9.80 Å². The molecule has 4 heteroatoms. The number of piperidine rings is 1. The van der Waals surface area contributed by atoms with Gasteiger partial charge in [-0.25, -0.2) is 0 Å². The summed E-state index contributed by atoms with van der Waals surface area (Å²) in [6, 6.07) is 15.7. The summed E-state index contributed by atoms with van der Waals surface area (Å²) in [4.78, 5) is 18.2. The van der Waals surface area contributed by atoms with Gasteiger partial charge in [0.05, 0.1) is 5.41 Å². The zero-order chi connectivity index (χ0) is 22.4. The lowest BCUT2D eigenvalue weighted by molar-refractivity contribution is -0.124. The first kappa shape index (κ1) is 23.7. The Bertz CT molecular complexity index is 848. The molecule has 1 amide bonds. The SMILES string of the molecule is CC(C)N(CCC(CCN1CCCCC1)(C(N)=O)c1ccc2ccccc2c1)C(C)C. The van der Waals surface area contributed by atoms with E-state index < -0.39 is 5.41 Å². The zero-order valence-electron chi connectivity index (χ0n) is 19.9. The molecule has 170 valence electrons. The van der Waals surface area contributed by atoms with E-state index >= 15 is 0 Å². The normalized spacial score (nSPS) is 17.5. The van der Waals surface area contributed by atoms with Crippen molar-refractivity contribution >= 4 is 16.7 Å². The number of nitrogens with zero attached hydrogens (tertiary/aromatic N) is 2. The Balaban J connectivity index is 1.95. The minimum Gasteiger partial charge on any atom is -0.369 e.